The molecule has 6 heteroatoms. The lowest BCUT2D eigenvalue weighted by molar-refractivity contribution is -0.872. The van der Waals surface area contributed by atoms with Gasteiger partial charge in [-0.05, 0) is 42.7 Å². The maximum Gasteiger partial charge on any atom is 0.231 e. The Bertz CT molecular complexity index is 1150. The van der Waals surface area contributed by atoms with E-state index >= 15 is 0 Å². The summed E-state index contributed by atoms with van der Waals surface area (Å²) in [6.07, 6.45) is 1.57. The number of aryl methyl sites for hydroxylation is 2. The second-order valence-electron chi connectivity index (χ2n) is 7.80. The van der Waals surface area contributed by atoms with E-state index in [1.54, 1.807) is 19.1 Å². The third-order valence-electron chi connectivity index (χ3n) is 5.22. The van der Waals surface area contributed by atoms with Crippen molar-refractivity contribution in [1.82, 2.24) is 0 Å². The SMILES string of the molecule is CCCc1cc2c(=O)c(-c3ccc4c(c3)OCO4)c(C)oc2c(C[NH+](C)C)c1O. The highest BCUT2D eigenvalue weighted by Crippen LogP contribution is 2.38. The smallest absolute Gasteiger partial charge is 0.231 e. The molecule has 6 nitrogen and oxygen atoms in total. The average Bonchev–Trinajstić information content (AvgIpc) is 3.14. The summed E-state index contributed by atoms with van der Waals surface area (Å²) in [6.45, 7) is 4.58. The summed E-state index contributed by atoms with van der Waals surface area (Å²) in [7, 11) is 4.01. The van der Waals surface area contributed by atoms with Crippen LogP contribution >= 0.6 is 0 Å². The van der Waals surface area contributed by atoms with Gasteiger partial charge in [-0.1, -0.05) is 19.4 Å². The number of nitrogens with one attached hydrogen (secondary N) is 1. The molecule has 0 radical (unpaired) electrons. The highest BCUT2D eigenvalue weighted by Gasteiger charge is 2.23. The van der Waals surface area contributed by atoms with Crippen LogP contribution in [0.3, 0.4) is 0 Å². The van der Waals surface area contributed by atoms with Gasteiger partial charge < -0.3 is 23.9 Å². The Kier molecular flexibility index (Phi) is 4.96. The fourth-order valence-electron chi connectivity index (χ4n) is 3.92. The molecule has 1 aromatic heterocycles. The first-order valence-corrected chi connectivity index (χ1v) is 9.90. The Morgan fingerprint density at radius 1 is 1.14 bits per heavy atom. The lowest BCUT2D eigenvalue weighted by atomic mass is 9.97. The van der Waals surface area contributed by atoms with Crippen molar-refractivity contribution in [2.45, 2.75) is 33.2 Å². The normalized spacial score (nSPS) is 12.9. The van der Waals surface area contributed by atoms with Gasteiger partial charge in [0.25, 0.3) is 0 Å². The fourth-order valence-corrected chi connectivity index (χ4v) is 3.92. The largest absolute Gasteiger partial charge is 0.507 e. The van der Waals surface area contributed by atoms with E-state index in [1.165, 1.54) is 0 Å². The van der Waals surface area contributed by atoms with Crippen LogP contribution in [0.4, 0.5) is 0 Å². The van der Waals surface area contributed by atoms with Crippen molar-refractivity contribution in [3.05, 3.63) is 51.4 Å². The van der Waals surface area contributed by atoms with Gasteiger partial charge in [0.2, 0.25) is 12.2 Å². The average molecular weight is 396 g/mol. The molecule has 0 saturated heterocycles. The number of rotatable bonds is 5. The minimum absolute atomic E-state index is 0.102. The molecule has 0 fully saturated rings. The van der Waals surface area contributed by atoms with Crippen LogP contribution in [0.5, 0.6) is 17.2 Å². The van der Waals surface area contributed by atoms with Crippen LogP contribution < -0.4 is 19.8 Å². The van der Waals surface area contributed by atoms with Gasteiger partial charge in [-0.2, -0.15) is 0 Å². The van der Waals surface area contributed by atoms with Crippen molar-refractivity contribution in [3.8, 4) is 28.4 Å². The molecular weight excluding hydrogens is 370 g/mol. The molecule has 2 heterocycles. The monoisotopic (exact) mass is 396 g/mol. The maximum atomic E-state index is 13.5. The predicted octanol–water partition coefficient (Wildman–Crippen LogP) is 2.80. The van der Waals surface area contributed by atoms with E-state index < -0.39 is 0 Å². The number of aromatic hydroxyl groups is 1. The molecule has 1 aliphatic rings. The van der Waals surface area contributed by atoms with Gasteiger partial charge in [0.1, 0.15) is 18.1 Å². The molecule has 2 N–H and O–H groups in total. The molecule has 0 bridgehead atoms. The number of ether oxygens (including phenoxy) is 2. The van der Waals surface area contributed by atoms with Gasteiger partial charge >= 0.3 is 0 Å². The lowest BCUT2D eigenvalue weighted by Crippen LogP contribution is -3.04. The van der Waals surface area contributed by atoms with E-state index in [4.69, 9.17) is 13.9 Å². The summed E-state index contributed by atoms with van der Waals surface area (Å²) in [6, 6.07) is 7.24. The molecule has 0 spiro atoms. The molecule has 0 aliphatic carbocycles. The van der Waals surface area contributed by atoms with Gasteiger partial charge in [0.15, 0.2) is 17.1 Å². The molecule has 4 rings (SSSR count). The Balaban J connectivity index is 1.99. The number of phenols is 1. The third-order valence-corrected chi connectivity index (χ3v) is 5.22. The second-order valence-corrected chi connectivity index (χ2v) is 7.80. The van der Waals surface area contributed by atoms with E-state index in [1.807, 2.05) is 26.2 Å². The second kappa shape index (κ2) is 7.44. The Labute approximate surface area is 169 Å². The number of fused-ring (bicyclic) bond motifs is 2. The molecule has 0 atom stereocenters. The third kappa shape index (κ3) is 3.34. The van der Waals surface area contributed by atoms with Gasteiger partial charge in [-0.15, -0.1) is 0 Å². The zero-order valence-electron chi connectivity index (χ0n) is 17.2. The van der Waals surface area contributed by atoms with Crippen LogP contribution in [0.25, 0.3) is 22.1 Å². The highest BCUT2D eigenvalue weighted by atomic mass is 16.7. The fraction of sp³-hybridized carbons (Fsp3) is 0.348. The number of hydrogen-bond acceptors (Lipinski definition) is 5. The first-order valence-electron chi connectivity index (χ1n) is 9.90. The van der Waals surface area contributed by atoms with E-state index in [-0.39, 0.29) is 18.0 Å². The lowest BCUT2D eigenvalue weighted by Gasteiger charge is -2.16. The van der Waals surface area contributed by atoms with Crippen LogP contribution in [0.15, 0.2) is 33.5 Å². The minimum atomic E-state index is -0.102. The maximum absolute atomic E-state index is 13.5. The summed E-state index contributed by atoms with van der Waals surface area (Å²) in [5.74, 6) is 2.04. The molecule has 152 valence electrons. The molecule has 3 aromatic rings. The van der Waals surface area contributed by atoms with E-state index in [2.05, 4.69) is 6.92 Å². The number of hydrogen-bond donors (Lipinski definition) is 2. The first kappa shape index (κ1) is 19.3. The van der Waals surface area contributed by atoms with Crippen molar-refractivity contribution in [3.63, 3.8) is 0 Å². The van der Waals surface area contributed by atoms with Crippen molar-refractivity contribution in [2.75, 3.05) is 20.9 Å². The van der Waals surface area contributed by atoms with E-state index in [9.17, 15) is 9.90 Å². The van der Waals surface area contributed by atoms with Gasteiger partial charge in [-0.3, -0.25) is 4.79 Å². The molecule has 2 aromatic carbocycles. The molecule has 0 saturated carbocycles. The van der Waals surface area contributed by atoms with Crippen LogP contribution in [-0.2, 0) is 13.0 Å². The molecule has 29 heavy (non-hydrogen) atoms. The summed E-state index contributed by atoms with van der Waals surface area (Å²) < 4.78 is 17.0. The van der Waals surface area contributed by atoms with Crippen molar-refractivity contribution < 1.29 is 23.9 Å². The van der Waals surface area contributed by atoms with Gasteiger partial charge in [-0.25, -0.2) is 0 Å². The summed E-state index contributed by atoms with van der Waals surface area (Å²) in [4.78, 5) is 14.7. The van der Waals surface area contributed by atoms with E-state index in [0.717, 1.165) is 22.4 Å². The highest BCUT2D eigenvalue weighted by molar-refractivity contribution is 5.88. The topological polar surface area (TPSA) is 73.3 Å². The number of quaternary nitrogens is 1. The standard InChI is InChI=1S/C23H25NO5/c1-5-6-15-9-16-22(26)20(14-7-8-18-19(10-14)28-12-27-18)13(2)29-23(16)17(21(15)25)11-24(3)4/h7-10,25H,5-6,11-12H2,1-4H3/p+1. The van der Waals surface area contributed by atoms with Crippen molar-refractivity contribution in [1.29, 1.82) is 0 Å². The molecule has 1 aliphatic heterocycles. The van der Waals surface area contributed by atoms with Crippen LogP contribution in [0.1, 0.15) is 30.2 Å². The number of phenolic OH excluding ortho intramolecular Hbond substituents is 1. The minimum Gasteiger partial charge on any atom is -0.507 e. The van der Waals surface area contributed by atoms with Crippen LogP contribution in [0.2, 0.25) is 0 Å². The summed E-state index contributed by atoms with van der Waals surface area (Å²) in [5, 5.41) is 11.3. The van der Waals surface area contributed by atoms with Crippen molar-refractivity contribution in [2.24, 2.45) is 0 Å². The number of benzene rings is 2. The quantitative estimate of drug-likeness (QED) is 0.694. The Hall–Kier alpha value is -2.99. The Morgan fingerprint density at radius 2 is 1.90 bits per heavy atom. The predicted molar refractivity (Wildman–Crippen MR) is 111 cm³/mol. The van der Waals surface area contributed by atoms with E-state index in [0.29, 0.717) is 52.3 Å². The molecule has 0 unspecified atom stereocenters. The summed E-state index contributed by atoms with van der Waals surface area (Å²) >= 11 is 0. The molecular formula is C23H26NO5+. The van der Waals surface area contributed by atoms with Crippen LogP contribution in [0, 0.1) is 6.92 Å². The summed E-state index contributed by atoms with van der Waals surface area (Å²) in [5.41, 5.74) is 3.07. The first-order chi connectivity index (χ1) is 13.9. The van der Waals surface area contributed by atoms with Gasteiger partial charge in [0, 0.05) is 0 Å². The van der Waals surface area contributed by atoms with Gasteiger partial charge in [0.05, 0.1) is 30.6 Å². The zero-order chi connectivity index (χ0) is 20.7. The van der Waals surface area contributed by atoms with Crippen molar-refractivity contribution >= 4 is 11.0 Å². The van der Waals surface area contributed by atoms with Crippen LogP contribution in [-0.4, -0.2) is 26.0 Å². The Morgan fingerprint density at radius 3 is 2.62 bits per heavy atom. The zero-order valence-corrected chi connectivity index (χ0v) is 17.2. The molecule has 0 amide bonds.